The molecule has 100 valence electrons. The van der Waals surface area contributed by atoms with Crippen molar-refractivity contribution >= 4 is 29.1 Å². The maximum atomic E-state index is 11.9. The van der Waals surface area contributed by atoms with Gasteiger partial charge in [0, 0.05) is 18.7 Å². The number of carbonyl (C=O) groups excluding carboxylic acids is 1. The fourth-order valence-electron chi connectivity index (χ4n) is 1.43. The monoisotopic (exact) mass is 290 g/mol. The Balaban J connectivity index is 2.66. The number of hydrogen-bond donors (Lipinski definition) is 1. The van der Waals surface area contributed by atoms with E-state index in [1.54, 1.807) is 0 Å². The zero-order valence-corrected chi connectivity index (χ0v) is 12.1. The van der Waals surface area contributed by atoms with Gasteiger partial charge in [-0.3, -0.25) is 4.79 Å². The molecule has 1 N–H and O–H groups in total. The number of rotatable bonds is 5. The van der Waals surface area contributed by atoms with Gasteiger partial charge in [-0.1, -0.05) is 23.2 Å². The average Bonchev–Trinajstić information content (AvgIpc) is 2.24. The van der Waals surface area contributed by atoms with Gasteiger partial charge in [-0.2, -0.15) is 0 Å². The molecule has 4 nitrogen and oxygen atoms in total. The molecule has 0 aliphatic heterocycles. The number of ether oxygens (including phenoxy) is 1. The van der Waals surface area contributed by atoms with E-state index in [0.717, 1.165) is 0 Å². The second-order valence-electron chi connectivity index (χ2n) is 4.38. The van der Waals surface area contributed by atoms with E-state index in [0.29, 0.717) is 18.7 Å². The Morgan fingerprint density at radius 2 is 1.94 bits per heavy atom. The van der Waals surface area contributed by atoms with Gasteiger partial charge in [0.15, 0.2) is 0 Å². The second-order valence-corrected chi connectivity index (χ2v) is 5.15. The Hall–Kier alpha value is -0.840. The van der Waals surface area contributed by atoms with Gasteiger partial charge in [-0.15, -0.1) is 0 Å². The van der Waals surface area contributed by atoms with Crippen LogP contribution in [0.1, 0.15) is 31.1 Å². The first-order valence-electron chi connectivity index (χ1n) is 5.59. The van der Waals surface area contributed by atoms with Crippen molar-refractivity contribution in [2.45, 2.75) is 26.4 Å². The number of nitrogens with zero attached hydrogens (tertiary/aromatic N) is 1. The van der Waals surface area contributed by atoms with Crippen LogP contribution in [0.3, 0.4) is 0 Å². The van der Waals surface area contributed by atoms with E-state index in [4.69, 9.17) is 27.9 Å². The van der Waals surface area contributed by atoms with Crippen LogP contribution in [-0.4, -0.2) is 29.6 Å². The maximum absolute atomic E-state index is 11.9. The van der Waals surface area contributed by atoms with Crippen LogP contribution in [0.5, 0.6) is 0 Å². The molecular weight excluding hydrogens is 275 g/mol. The van der Waals surface area contributed by atoms with Gasteiger partial charge in [0.05, 0.1) is 5.60 Å². The zero-order valence-electron chi connectivity index (χ0n) is 10.6. The van der Waals surface area contributed by atoms with Crippen molar-refractivity contribution in [1.29, 1.82) is 0 Å². The van der Waals surface area contributed by atoms with E-state index in [9.17, 15) is 4.79 Å². The molecule has 6 heteroatoms. The van der Waals surface area contributed by atoms with Crippen molar-refractivity contribution in [3.63, 3.8) is 0 Å². The minimum Gasteiger partial charge on any atom is -0.374 e. The molecule has 0 aliphatic rings. The lowest BCUT2D eigenvalue weighted by molar-refractivity contribution is -0.00815. The number of hydrogen-bond acceptors (Lipinski definition) is 3. The molecule has 1 amide bonds. The highest BCUT2D eigenvalue weighted by molar-refractivity contribution is 6.33. The highest BCUT2D eigenvalue weighted by atomic mass is 35.5. The maximum Gasteiger partial charge on any atom is 0.251 e. The van der Waals surface area contributed by atoms with Gasteiger partial charge >= 0.3 is 0 Å². The molecule has 0 aliphatic carbocycles. The summed E-state index contributed by atoms with van der Waals surface area (Å²) in [6.07, 6.45) is 0. The summed E-state index contributed by atoms with van der Waals surface area (Å²) in [6.45, 7) is 6.71. The predicted octanol–water partition coefficient (Wildman–Crippen LogP) is 2.93. The second kappa shape index (κ2) is 6.36. The Kier molecular flexibility index (Phi) is 5.38. The minimum atomic E-state index is -0.412. The molecule has 0 unspecified atom stereocenters. The summed E-state index contributed by atoms with van der Waals surface area (Å²) < 4.78 is 5.48. The summed E-state index contributed by atoms with van der Waals surface area (Å²) in [7, 11) is 0. The summed E-state index contributed by atoms with van der Waals surface area (Å²) >= 11 is 11.5. The molecular formula is C12H16Cl2N2O2. The summed E-state index contributed by atoms with van der Waals surface area (Å²) in [6, 6.07) is 2.94. The Morgan fingerprint density at radius 1 is 1.39 bits per heavy atom. The number of nitrogens with one attached hydrogen (secondary N) is 1. The third-order valence-corrected chi connectivity index (χ3v) is 2.62. The molecule has 0 fully saturated rings. The molecule has 0 saturated carbocycles. The quantitative estimate of drug-likeness (QED) is 0.849. The Morgan fingerprint density at radius 3 is 2.44 bits per heavy atom. The molecule has 1 aromatic heterocycles. The molecule has 18 heavy (non-hydrogen) atoms. The van der Waals surface area contributed by atoms with Crippen molar-refractivity contribution in [1.82, 2.24) is 10.3 Å². The van der Waals surface area contributed by atoms with E-state index in [1.165, 1.54) is 12.1 Å². The predicted molar refractivity (Wildman–Crippen MR) is 72.3 cm³/mol. The molecule has 0 saturated heterocycles. The summed E-state index contributed by atoms with van der Waals surface area (Å²) in [5.74, 6) is -0.256. The van der Waals surface area contributed by atoms with Crippen molar-refractivity contribution in [2.75, 3.05) is 13.2 Å². The lowest BCUT2D eigenvalue weighted by Crippen LogP contribution is -2.40. The molecule has 0 radical (unpaired) electrons. The van der Waals surface area contributed by atoms with Gasteiger partial charge in [-0.05, 0) is 32.9 Å². The third-order valence-electron chi connectivity index (χ3n) is 2.23. The first-order chi connectivity index (χ1) is 8.34. The summed E-state index contributed by atoms with van der Waals surface area (Å²) in [5, 5.41) is 3.15. The van der Waals surface area contributed by atoms with Gasteiger partial charge in [0.2, 0.25) is 0 Å². The molecule has 1 aromatic rings. The average molecular weight is 291 g/mol. The topological polar surface area (TPSA) is 51.2 Å². The SMILES string of the molecule is CCOC(C)(C)CNC(=O)c1cc(Cl)nc(Cl)c1. The Labute approximate surface area is 117 Å². The van der Waals surface area contributed by atoms with E-state index >= 15 is 0 Å². The smallest absolute Gasteiger partial charge is 0.251 e. The van der Waals surface area contributed by atoms with Crippen molar-refractivity contribution in [2.24, 2.45) is 0 Å². The van der Waals surface area contributed by atoms with E-state index < -0.39 is 5.60 Å². The number of aromatic nitrogens is 1. The summed E-state index contributed by atoms with van der Waals surface area (Å²) in [5.41, 5.74) is -0.0299. The largest absolute Gasteiger partial charge is 0.374 e. The fourth-order valence-corrected chi connectivity index (χ4v) is 1.89. The molecule has 0 atom stereocenters. The third kappa shape index (κ3) is 4.80. The van der Waals surface area contributed by atoms with Gasteiger partial charge in [0.25, 0.3) is 5.91 Å². The molecule has 1 heterocycles. The highest BCUT2D eigenvalue weighted by Gasteiger charge is 2.19. The van der Waals surface area contributed by atoms with Gasteiger partial charge in [-0.25, -0.2) is 4.98 Å². The van der Waals surface area contributed by atoms with Crippen LogP contribution < -0.4 is 5.32 Å². The minimum absolute atomic E-state index is 0.191. The molecule has 0 spiro atoms. The molecule has 0 bridgehead atoms. The normalized spacial score (nSPS) is 11.4. The number of amides is 1. The lowest BCUT2D eigenvalue weighted by Gasteiger charge is -2.24. The van der Waals surface area contributed by atoms with E-state index in [-0.39, 0.29) is 16.2 Å². The van der Waals surface area contributed by atoms with Gasteiger partial charge < -0.3 is 10.1 Å². The van der Waals surface area contributed by atoms with Crippen LogP contribution in [0.4, 0.5) is 0 Å². The highest BCUT2D eigenvalue weighted by Crippen LogP contribution is 2.15. The van der Waals surface area contributed by atoms with Crippen LogP contribution in [0.15, 0.2) is 12.1 Å². The van der Waals surface area contributed by atoms with Crippen molar-refractivity contribution in [3.8, 4) is 0 Å². The van der Waals surface area contributed by atoms with Crippen LogP contribution in [-0.2, 0) is 4.74 Å². The first-order valence-corrected chi connectivity index (χ1v) is 6.35. The first kappa shape index (κ1) is 15.2. The van der Waals surface area contributed by atoms with Crippen LogP contribution in [0.25, 0.3) is 0 Å². The molecule has 0 aromatic carbocycles. The Bertz CT molecular complexity index is 416. The number of halogens is 2. The summed E-state index contributed by atoms with van der Waals surface area (Å²) in [4.78, 5) is 15.7. The van der Waals surface area contributed by atoms with Crippen molar-refractivity contribution in [3.05, 3.63) is 28.0 Å². The van der Waals surface area contributed by atoms with E-state index in [1.807, 2.05) is 20.8 Å². The van der Waals surface area contributed by atoms with Crippen LogP contribution >= 0.6 is 23.2 Å². The van der Waals surface area contributed by atoms with Crippen LogP contribution in [0.2, 0.25) is 10.3 Å². The van der Waals surface area contributed by atoms with Crippen LogP contribution in [0, 0.1) is 0 Å². The fraction of sp³-hybridized carbons (Fsp3) is 0.500. The standard InChI is InChI=1S/C12H16Cl2N2O2/c1-4-18-12(2,3)7-15-11(17)8-5-9(13)16-10(14)6-8/h5-6H,4,7H2,1-3H3,(H,15,17). The van der Waals surface area contributed by atoms with Crippen molar-refractivity contribution < 1.29 is 9.53 Å². The van der Waals surface area contributed by atoms with E-state index in [2.05, 4.69) is 10.3 Å². The number of carbonyl (C=O) groups is 1. The lowest BCUT2D eigenvalue weighted by atomic mass is 10.1. The van der Waals surface area contributed by atoms with Gasteiger partial charge in [0.1, 0.15) is 10.3 Å². The molecule has 1 rings (SSSR count). The number of pyridine rings is 1. The zero-order chi connectivity index (χ0) is 13.8.